The van der Waals surface area contributed by atoms with Crippen molar-refractivity contribution in [2.45, 2.75) is 13.5 Å². The molecular weight excluding hydrogens is 302 g/mol. The molecule has 0 unspecified atom stereocenters. The third kappa shape index (κ3) is 3.47. The quantitative estimate of drug-likeness (QED) is 0.774. The Hall–Kier alpha value is -3.05. The fourth-order valence-electron chi connectivity index (χ4n) is 2.28. The summed E-state index contributed by atoms with van der Waals surface area (Å²) in [5.41, 5.74) is 3.60. The molecule has 3 aromatic rings. The molecule has 0 aliphatic carbocycles. The first-order valence-corrected chi connectivity index (χ1v) is 7.56. The van der Waals surface area contributed by atoms with Crippen molar-refractivity contribution in [3.8, 4) is 11.4 Å². The predicted molar refractivity (Wildman–Crippen MR) is 92.5 cm³/mol. The van der Waals surface area contributed by atoms with Crippen molar-refractivity contribution in [3.63, 3.8) is 0 Å². The lowest BCUT2D eigenvalue weighted by Crippen LogP contribution is -2.14. The van der Waals surface area contributed by atoms with Crippen LogP contribution in [-0.4, -0.2) is 21.0 Å². The van der Waals surface area contributed by atoms with Crippen molar-refractivity contribution in [1.82, 2.24) is 9.97 Å². The van der Waals surface area contributed by atoms with Gasteiger partial charge in [-0.25, -0.2) is 9.97 Å². The van der Waals surface area contributed by atoms with Gasteiger partial charge in [0.2, 0.25) is 0 Å². The molecule has 3 rings (SSSR count). The number of aromatic nitrogens is 2. The average molecular weight is 319 g/mol. The van der Waals surface area contributed by atoms with Crippen LogP contribution in [0.2, 0.25) is 0 Å². The molecule has 0 fully saturated rings. The van der Waals surface area contributed by atoms with Crippen molar-refractivity contribution in [1.29, 1.82) is 0 Å². The van der Waals surface area contributed by atoms with E-state index in [1.165, 1.54) is 12.4 Å². The van der Waals surface area contributed by atoms with Gasteiger partial charge in [0.1, 0.15) is 0 Å². The zero-order chi connectivity index (χ0) is 16.9. The summed E-state index contributed by atoms with van der Waals surface area (Å²) in [7, 11) is 0. The Bertz CT molecular complexity index is 846. The number of carbonyl (C=O) groups is 1. The molecular formula is C19H17N3O2. The van der Waals surface area contributed by atoms with Gasteiger partial charge in [0.05, 0.1) is 12.2 Å². The Kier molecular flexibility index (Phi) is 4.63. The number of nitrogens with one attached hydrogen (secondary N) is 1. The number of benzene rings is 2. The smallest absolute Gasteiger partial charge is 0.258 e. The summed E-state index contributed by atoms with van der Waals surface area (Å²) in [5.74, 6) is 0.290. The Morgan fingerprint density at radius 3 is 2.46 bits per heavy atom. The second-order valence-electron chi connectivity index (χ2n) is 5.42. The van der Waals surface area contributed by atoms with E-state index in [1.54, 1.807) is 6.07 Å². The topological polar surface area (TPSA) is 75.1 Å². The number of aliphatic hydroxyl groups excluding tert-OH is 1. The van der Waals surface area contributed by atoms with Gasteiger partial charge in [-0.3, -0.25) is 4.79 Å². The highest BCUT2D eigenvalue weighted by molar-refractivity contribution is 6.04. The number of aryl methyl sites for hydroxylation is 1. The summed E-state index contributed by atoms with van der Waals surface area (Å²) < 4.78 is 0. The van der Waals surface area contributed by atoms with Crippen LogP contribution in [0.5, 0.6) is 0 Å². The molecule has 0 radical (unpaired) electrons. The number of hydrogen-bond acceptors (Lipinski definition) is 4. The Labute approximate surface area is 140 Å². The highest BCUT2D eigenvalue weighted by Crippen LogP contribution is 2.18. The second-order valence-corrected chi connectivity index (χ2v) is 5.42. The minimum Gasteiger partial charge on any atom is -0.392 e. The first-order valence-electron chi connectivity index (χ1n) is 7.56. The van der Waals surface area contributed by atoms with Crippen molar-refractivity contribution >= 4 is 11.6 Å². The molecule has 0 atom stereocenters. The number of amides is 1. The van der Waals surface area contributed by atoms with Crippen molar-refractivity contribution in [2.24, 2.45) is 0 Å². The SMILES string of the molecule is Cc1ccc(CO)cc1NC(=O)c1cnc(-c2ccccc2)nc1. The van der Waals surface area contributed by atoms with E-state index in [0.29, 0.717) is 17.1 Å². The average Bonchev–Trinajstić information content (AvgIpc) is 2.64. The molecule has 0 saturated heterocycles. The number of carbonyl (C=O) groups excluding carboxylic acids is 1. The van der Waals surface area contributed by atoms with E-state index in [1.807, 2.05) is 49.4 Å². The highest BCUT2D eigenvalue weighted by atomic mass is 16.3. The van der Waals surface area contributed by atoms with Gasteiger partial charge in [0.15, 0.2) is 5.82 Å². The van der Waals surface area contributed by atoms with E-state index < -0.39 is 0 Å². The summed E-state index contributed by atoms with van der Waals surface area (Å²) in [5, 5.41) is 12.0. The molecule has 1 heterocycles. The first kappa shape index (κ1) is 15.8. The lowest BCUT2D eigenvalue weighted by molar-refractivity contribution is 0.102. The summed E-state index contributed by atoms with van der Waals surface area (Å²) in [6.07, 6.45) is 3.02. The third-order valence-electron chi connectivity index (χ3n) is 3.68. The van der Waals surface area contributed by atoms with Gasteiger partial charge in [-0.1, -0.05) is 42.5 Å². The normalized spacial score (nSPS) is 10.4. The minimum atomic E-state index is -0.284. The largest absolute Gasteiger partial charge is 0.392 e. The monoisotopic (exact) mass is 319 g/mol. The molecule has 0 spiro atoms. The van der Waals surface area contributed by atoms with Crippen LogP contribution in [0.1, 0.15) is 21.5 Å². The van der Waals surface area contributed by atoms with Crippen LogP contribution in [0.25, 0.3) is 11.4 Å². The van der Waals surface area contributed by atoms with E-state index in [4.69, 9.17) is 0 Å². The highest BCUT2D eigenvalue weighted by Gasteiger charge is 2.10. The fourth-order valence-corrected chi connectivity index (χ4v) is 2.28. The second kappa shape index (κ2) is 7.02. The van der Waals surface area contributed by atoms with E-state index in [2.05, 4.69) is 15.3 Å². The van der Waals surface area contributed by atoms with Crippen LogP contribution in [0.3, 0.4) is 0 Å². The van der Waals surface area contributed by atoms with Crippen LogP contribution < -0.4 is 5.32 Å². The zero-order valence-electron chi connectivity index (χ0n) is 13.2. The lowest BCUT2D eigenvalue weighted by atomic mass is 10.1. The van der Waals surface area contributed by atoms with Crippen molar-refractivity contribution in [2.75, 3.05) is 5.32 Å². The van der Waals surface area contributed by atoms with Gasteiger partial charge in [-0.05, 0) is 24.1 Å². The van der Waals surface area contributed by atoms with Crippen LogP contribution in [0.15, 0.2) is 60.9 Å². The van der Waals surface area contributed by atoms with Gasteiger partial charge in [-0.15, -0.1) is 0 Å². The Balaban J connectivity index is 1.78. The number of rotatable bonds is 4. The summed E-state index contributed by atoms with van der Waals surface area (Å²) in [6, 6.07) is 15.0. The fraction of sp³-hybridized carbons (Fsp3) is 0.105. The molecule has 24 heavy (non-hydrogen) atoms. The van der Waals surface area contributed by atoms with Gasteiger partial charge in [-0.2, -0.15) is 0 Å². The maximum absolute atomic E-state index is 12.4. The molecule has 1 amide bonds. The van der Waals surface area contributed by atoms with Crippen LogP contribution in [0.4, 0.5) is 5.69 Å². The predicted octanol–water partition coefficient (Wildman–Crippen LogP) is 3.20. The number of hydrogen-bond donors (Lipinski definition) is 2. The van der Waals surface area contributed by atoms with Crippen LogP contribution >= 0.6 is 0 Å². The number of anilines is 1. The number of aliphatic hydroxyl groups is 1. The summed E-state index contributed by atoms with van der Waals surface area (Å²) >= 11 is 0. The zero-order valence-corrected chi connectivity index (χ0v) is 13.2. The Morgan fingerprint density at radius 2 is 1.79 bits per heavy atom. The third-order valence-corrected chi connectivity index (χ3v) is 3.68. The van der Waals surface area contributed by atoms with E-state index >= 15 is 0 Å². The molecule has 5 heteroatoms. The first-order chi connectivity index (χ1) is 11.7. The van der Waals surface area contributed by atoms with Gasteiger partial charge in [0.25, 0.3) is 5.91 Å². The maximum atomic E-state index is 12.4. The number of nitrogens with zero attached hydrogens (tertiary/aromatic N) is 2. The molecule has 0 saturated carbocycles. The van der Waals surface area contributed by atoms with Crippen molar-refractivity contribution in [3.05, 3.63) is 77.6 Å². The lowest BCUT2D eigenvalue weighted by Gasteiger charge is -2.10. The molecule has 1 aromatic heterocycles. The molecule has 2 N–H and O–H groups in total. The van der Waals surface area contributed by atoms with Crippen molar-refractivity contribution < 1.29 is 9.90 Å². The summed E-state index contributed by atoms with van der Waals surface area (Å²) in [6.45, 7) is 1.82. The molecule has 0 bridgehead atoms. The van der Waals surface area contributed by atoms with Gasteiger partial charge >= 0.3 is 0 Å². The van der Waals surface area contributed by atoms with Crippen LogP contribution in [-0.2, 0) is 6.61 Å². The summed E-state index contributed by atoms with van der Waals surface area (Å²) in [4.78, 5) is 20.9. The molecule has 0 aliphatic rings. The minimum absolute atomic E-state index is 0.0714. The molecule has 5 nitrogen and oxygen atoms in total. The molecule has 0 aliphatic heterocycles. The molecule has 120 valence electrons. The van der Waals surface area contributed by atoms with Gasteiger partial charge < -0.3 is 10.4 Å². The molecule has 2 aromatic carbocycles. The van der Waals surface area contributed by atoms with E-state index in [-0.39, 0.29) is 12.5 Å². The van der Waals surface area contributed by atoms with E-state index in [0.717, 1.165) is 16.7 Å². The standard InChI is InChI=1S/C19H17N3O2/c1-13-7-8-14(12-23)9-17(13)22-19(24)16-10-20-18(21-11-16)15-5-3-2-4-6-15/h2-11,23H,12H2,1H3,(H,22,24). The maximum Gasteiger partial charge on any atom is 0.258 e. The Morgan fingerprint density at radius 1 is 1.08 bits per heavy atom. The van der Waals surface area contributed by atoms with Crippen LogP contribution in [0, 0.1) is 6.92 Å². The van der Waals surface area contributed by atoms with E-state index in [9.17, 15) is 9.90 Å². The van der Waals surface area contributed by atoms with Gasteiger partial charge in [0, 0.05) is 23.6 Å².